The maximum Gasteiger partial charge on any atom is 0.335 e. The van der Waals surface area contributed by atoms with E-state index < -0.39 is 11.9 Å². The summed E-state index contributed by atoms with van der Waals surface area (Å²) in [6, 6.07) is 10.6. The molecule has 2 aromatic carbocycles. The van der Waals surface area contributed by atoms with Crippen molar-refractivity contribution >= 4 is 35.2 Å². The molecule has 0 fully saturated rings. The Morgan fingerprint density at radius 1 is 1.22 bits per heavy atom. The van der Waals surface area contributed by atoms with Gasteiger partial charge in [0, 0.05) is 5.69 Å². The number of hydrogen-bond donors (Lipinski definition) is 2. The third-order valence-corrected chi connectivity index (χ3v) is 3.78. The molecule has 0 saturated heterocycles. The zero-order valence-corrected chi connectivity index (χ0v) is 15.2. The van der Waals surface area contributed by atoms with Gasteiger partial charge in [0.05, 0.1) is 24.8 Å². The lowest BCUT2D eigenvalue weighted by Gasteiger charge is -2.10. The highest BCUT2D eigenvalue weighted by Gasteiger charge is 2.14. The van der Waals surface area contributed by atoms with Gasteiger partial charge in [-0.3, -0.25) is 4.79 Å². The van der Waals surface area contributed by atoms with Crippen molar-refractivity contribution < 1.29 is 24.2 Å². The molecular weight excluding hydrogens is 372 g/mol. The van der Waals surface area contributed by atoms with Crippen LogP contribution in [0.25, 0.3) is 6.08 Å². The highest BCUT2D eigenvalue weighted by molar-refractivity contribution is 6.32. The Morgan fingerprint density at radius 3 is 2.56 bits per heavy atom. The second-order valence-corrected chi connectivity index (χ2v) is 5.66. The van der Waals surface area contributed by atoms with E-state index in [9.17, 15) is 14.9 Å². The number of methoxy groups -OCH3 is 2. The standard InChI is InChI=1S/C19H15ClN2O5/c1-26-16-8-11(7-15(20)17(16)27-2)6-13(10-21)18(23)22-14-5-3-4-12(9-14)19(24)25/h3-9H,1-2H3,(H,22,23)(H,24,25)/b13-6-. The van der Waals surface area contributed by atoms with E-state index in [0.29, 0.717) is 17.1 Å². The molecule has 0 spiro atoms. The molecule has 0 aliphatic heterocycles. The molecule has 0 atom stereocenters. The lowest BCUT2D eigenvalue weighted by atomic mass is 10.1. The van der Waals surface area contributed by atoms with Crippen LogP contribution in [0.3, 0.4) is 0 Å². The first-order chi connectivity index (χ1) is 12.9. The van der Waals surface area contributed by atoms with Crippen LogP contribution in [0.4, 0.5) is 5.69 Å². The van der Waals surface area contributed by atoms with E-state index in [1.165, 1.54) is 50.6 Å². The highest BCUT2D eigenvalue weighted by atomic mass is 35.5. The normalized spacial score (nSPS) is 10.7. The van der Waals surface area contributed by atoms with Crippen molar-refractivity contribution in [2.75, 3.05) is 19.5 Å². The van der Waals surface area contributed by atoms with Gasteiger partial charge in [-0.25, -0.2) is 4.79 Å². The molecule has 138 valence electrons. The van der Waals surface area contributed by atoms with Crippen LogP contribution in [-0.4, -0.2) is 31.2 Å². The van der Waals surface area contributed by atoms with Crippen LogP contribution in [0.2, 0.25) is 5.02 Å². The lowest BCUT2D eigenvalue weighted by Crippen LogP contribution is -2.14. The minimum atomic E-state index is -1.12. The fourth-order valence-electron chi connectivity index (χ4n) is 2.26. The summed E-state index contributed by atoms with van der Waals surface area (Å²) in [5, 5.41) is 21.1. The maximum atomic E-state index is 12.4. The number of carboxylic acid groups (broad SMARTS) is 1. The van der Waals surface area contributed by atoms with Crippen molar-refractivity contribution in [1.29, 1.82) is 5.26 Å². The van der Waals surface area contributed by atoms with E-state index in [1.807, 2.05) is 6.07 Å². The van der Waals surface area contributed by atoms with Gasteiger partial charge in [-0.2, -0.15) is 5.26 Å². The van der Waals surface area contributed by atoms with E-state index >= 15 is 0 Å². The molecule has 0 saturated carbocycles. The molecule has 0 aliphatic carbocycles. The number of carboxylic acids is 1. The van der Waals surface area contributed by atoms with Crippen LogP contribution < -0.4 is 14.8 Å². The molecule has 8 heteroatoms. The number of aromatic carboxylic acids is 1. The van der Waals surface area contributed by atoms with Gasteiger partial charge in [0.15, 0.2) is 11.5 Å². The monoisotopic (exact) mass is 386 g/mol. The number of nitriles is 1. The predicted octanol–water partition coefficient (Wildman–Crippen LogP) is 3.60. The Kier molecular flexibility index (Phi) is 6.41. The lowest BCUT2D eigenvalue weighted by molar-refractivity contribution is -0.112. The fourth-order valence-corrected chi connectivity index (χ4v) is 2.56. The Morgan fingerprint density at radius 2 is 1.96 bits per heavy atom. The summed E-state index contributed by atoms with van der Waals surface area (Å²) in [7, 11) is 2.88. The van der Waals surface area contributed by atoms with Gasteiger partial charge in [-0.1, -0.05) is 17.7 Å². The summed E-state index contributed by atoms with van der Waals surface area (Å²) in [4.78, 5) is 23.4. The van der Waals surface area contributed by atoms with Gasteiger partial charge in [-0.15, -0.1) is 0 Å². The summed E-state index contributed by atoms with van der Waals surface area (Å²) in [5.41, 5.74) is 0.538. The van der Waals surface area contributed by atoms with Crippen LogP contribution in [0.15, 0.2) is 42.0 Å². The van der Waals surface area contributed by atoms with E-state index in [2.05, 4.69) is 5.32 Å². The molecule has 2 aromatic rings. The largest absolute Gasteiger partial charge is 0.493 e. The molecule has 0 aromatic heterocycles. The Hall–Kier alpha value is -3.50. The topological polar surface area (TPSA) is 109 Å². The minimum Gasteiger partial charge on any atom is -0.493 e. The predicted molar refractivity (Wildman–Crippen MR) is 100 cm³/mol. The van der Waals surface area contributed by atoms with Crippen molar-refractivity contribution in [3.63, 3.8) is 0 Å². The minimum absolute atomic E-state index is 0.0157. The first-order valence-corrected chi connectivity index (χ1v) is 7.95. The summed E-state index contributed by atoms with van der Waals surface area (Å²) in [6.45, 7) is 0. The van der Waals surface area contributed by atoms with Crippen molar-refractivity contribution in [1.82, 2.24) is 0 Å². The summed E-state index contributed by atoms with van der Waals surface area (Å²) >= 11 is 6.12. The number of ether oxygens (including phenoxy) is 2. The molecule has 7 nitrogen and oxygen atoms in total. The van der Waals surface area contributed by atoms with Crippen molar-refractivity contribution in [2.45, 2.75) is 0 Å². The molecule has 1 amide bonds. The van der Waals surface area contributed by atoms with E-state index in [0.717, 1.165) is 0 Å². The fraction of sp³-hybridized carbons (Fsp3) is 0.105. The molecule has 0 radical (unpaired) electrons. The first kappa shape index (κ1) is 19.8. The van der Waals surface area contributed by atoms with Gasteiger partial charge < -0.3 is 19.9 Å². The van der Waals surface area contributed by atoms with E-state index in [1.54, 1.807) is 6.07 Å². The van der Waals surface area contributed by atoms with Gasteiger partial charge in [-0.05, 0) is 42.0 Å². The SMILES string of the molecule is COc1cc(/C=C(/C#N)C(=O)Nc2cccc(C(=O)O)c2)cc(Cl)c1OC. The smallest absolute Gasteiger partial charge is 0.335 e. The first-order valence-electron chi connectivity index (χ1n) is 7.57. The quantitative estimate of drug-likeness (QED) is 0.580. The Labute approximate surface area is 160 Å². The second kappa shape index (κ2) is 8.74. The Balaban J connectivity index is 2.32. The molecule has 27 heavy (non-hydrogen) atoms. The van der Waals surface area contributed by atoms with Gasteiger partial charge in [0.1, 0.15) is 11.6 Å². The van der Waals surface area contributed by atoms with E-state index in [-0.39, 0.29) is 21.8 Å². The summed E-state index contributed by atoms with van der Waals surface area (Å²) in [6.07, 6.45) is 1.34. The number of rotatable bonds is 6. The van der Waals surface area contributed by atoms with Crippen LogP contribution in [0.5, 0.6) is 11.5 Å². The summed E-state index contributed by atoms with van der Waals surface area (Å²) < 4.78 is 10.3. The van der Waals surface area contributed by atoms with Crippen LogP contribution in [0.1, 0.15) is 15.9 Å². The number of amides is 1. The third-order valence-electron chi connectivity index (χ3n) is 3.50. The molecule has 0 unspecified atom stereocenters. The average molecular weight is 387 g/mol. The van der Waals surface area contributed by atoms with Crippen LogP contribution in [-0.2, 0) is 4.79 Å². The zero-order chi connectivity index (χ0) is 20.0. The van der Waals surface area contributed by atoms with Gasteiger partial charge >= 0.3 is 5.97 Å². The van der Waals surface area contributed by atoms with Crippen molar-refractivity contribution in [3.05, 3.63) is 58.1 Å². The summed E-state index contributed by atoms with van der Waals surface area (Å²) in [5.74, 6) is -1.12. The number of benzene rings is 2. The number of carbonyl (C=O) groups excluding carboxylic acids is 1. The number of halogens is 1. The Bertz CT molecular complexity index is 963. The van der Waals surface area contributed by atoms with E-state index in [4.69, 9.17) is 26.2 Å². The molecule has 0 bridgehead atoms. The molecular formula is C19H15ClN2O5. The third kappa shape index (κ3) is 4.77. The van der Waals surface area contributed by atoms with Crippen molar-refractivity contribution in [2.24, 2.45) is 0 Å². The number of carbonyl (C=O) groups is 2. The van der Waals surface area contributed by atoms with Crippen LogP contribution >= 0.6 is 11.6 Å². The number of nitrogens with zero attached hydrogens (tertiary/aromatic N) is 1. The molecule has 2 rings (SSSR count). The number of nitrogens with one attached hydrogen (secondary N) is 1. The number of anilines is 1. The highest BCUT2D eigenvalue weighted by Crippen LogP contribution is 2.36. The number of hydrogen-bond acceptors (Lipinski definition) is 5. The molecule has 0 heterocycles. The van der Waals surface area contributed by atoms with Gasteiger partial charge in [0.25, 0.3) is 5.91 Å². The zero-order valence-electron chi connectivity index (χ0n) is 14.4. The second-order valence-electron chi connectivity index (χ2n) is 5.25. The average Bonchev–Trinajstić information content (AvgIpc) is 2.65. The van der Waals surface area contributed by atoms with Crippen molar-refractivity contribution in [3.8, 4) is 17.6 Å². The molecule has 0 aliphatic rings. The van der Waals surface area contributed by atoms with Gasteiger partial charge in [0.2, 0.25) is 0 Å². The van der Waals surface area contributed by atoms with Crippen LogP contribution in [0, 0.1) is 11.3 Å². The molecule has 2 N–H and O–H groups in total. The maximum absolute atomic E-state index is 12.4.